The van der Waals surface area contributed by atoms with Crippen molar-refractivity contribution in [2.75, 3.05) is 13.6 Å². The third-order valence-corrected chi connectivity index (χ3v) is 3.73. The molecule has 2 atom stereocenters. The van der Waals surface area contributed by atoms with Crippen LogP contribution in [0, 0.1) is 11.8 Å². The highest BCUT2D eigenvalue weighted by molar-refractivity contribution is 5.05. The average Bonchev–Trinajstić information content (AvgIpc) is 2.46. The molecular weight excluding hydrogens is 172 g/mol. The molecule has 2 bridgehead atoms. The van der Waals surface area contributed by atoms with Crippen molar-refractivity contribution in [3.63, 3.8) is 0 Å². The van der Waals surface area contributed by atoms with Gasteiger partial charge < -0.3 is 5.32 Å². The quantitative estimate of drug-likeness (QED) is 0.662. The van der Waals surface area contributed by atoms with Crippen molar-refractivity contribution in [2.24, 2.45) is 0 Å². The normalized spacial score (nSPS) is 36.6. The maximum Gasteiger partial charge on any atom is 0.0606 e. The van der Waals surface area contributed by atoms with Gasteiger partial charge in [-0.05, 0) is 39.7 Å². The maximum atomic E-state index is 3.42. The fourth-order valence-electron chi connectivity index (χ4n) is 2.94. The van der Waals surface area contributed by atoms with Crippen LogP contribution in [-0.4, -0.2) is 36.6 Å². The molecule has 2 heteroatoms. The molecule has 2 unspecified atom stereocenters. The van der Waals surface area contributed by atoms with Gasteiger partial charge in [-0.1, -0.05) is 5.92 Å². The van der Waals surface area contributed by atoms with E-state index in [0.29, 0.717) is 0 Å². The van der Waals surface area contributed by atoms with E-state index in [1.807, 2.05) is 6.92 Å². The molecule has 0 aromatic carbocycles. The van der Waals surface area contributed by atoms with Gasteiger partial charge in [0.25, 0.3) is 0 Å². The van der Waals surface area contributed by atoms with Crippen molar-refractivity contribution < 1.29 is 0 Å². The van der Waals surface area contributed by atoms with Crippen LogP contribution in [0.5, 0.6) is 0 Å². The first-order valence-corrected chi connectivity index (χ1v) is 5.67. The Morgan fingerprint density at radius 3 is 2.43 bits per heavy atom. The Morgan fingerprint density at radius 1 is 1.29 bits per heavy atom. The van der Waals surface area contributed by atoms with Gasteiger partial charge in [-0.25, -0.2) is 0 Å². The highest BCUT2D eigenvalue weighted by Crippen LogP contribution is 2.34. The summed E-state index contributed by atoms with van der Waals surface area (Å²) in [7, 11) is 2.09. The van der Waals surface area contributed by atoms with E-state index in [1.54, 1.807) is 0 Å². The van der Waals surface area contributed by atoms with E-state index < -0.39 is 0 Å². The Labute approximate surface area is 87.1 Å². The molecule has 0 saturated carbocycles. The lowest BCUT2D eigenvalue weighted by Crippen LogP contribution is -2.48. The van der Waals surface area contributed by atoms with Crippen molar-refractivity contribution in [3.05, 3.63) is 0 Å². The Balaban J connectivity index is 1.98. The van der Waals surface area contributed by atoms with Gasteiger partial charge in [-0.3, -0.25) is 4.90 Å². The Morgan fingerprint density at radius 2 is 1.93 bits per heavy atom. The standard InChI is InChI=1S/C12H20N2/c1-3-4-7-14-11-5-6-12(14)9-10(8-11)13-2/h10-13H,5-9H2,1-2H3. The van der Waals surface area contributed by atoms with E-state index in [9.17, 15) is 0 Å². The number of nitrogens with one attached hydrogen (secondary N) is 1. The summed E-state index contributed by atoms with van der Waals surface area (Å²) in [6, 6.07) is 2.34. The van der Waals surface area contributed by atoms with E-state index in [2.05, 4.69) is 29.1 Å². The summed E-state index contributed by atoms with van der Waals surface area (Å²) >= 11 is 0. The summed E-state index contributed by atoms with van der Waals surface area (Å²) in [6.45, 7) is 2.92. The zero-order valence-electron chi connectivity index (χ0n) is 9.21. The summed E-state index contributed by atoms with van der Waals surface area (Å²) in [5.74, 6) is 6.21. The van der Waals surface area contributed by atoms with Crippen molar-refractivity contribution >= 4 is 0 Å². The van der Waals surface area contributed by atoms with Crippen molar-refractivity contribution in [1.29, 1.82) is 0 Å². The minimum atomic E-state index is 0.748. The van der Waals surface area contributed by atoms with Crippen LogP contribution in [0.4, 0.5) is 0 Å². The van der Waals surface area contributed by atoms with Crippen LogP contribution in [0.3, 0.4) is 0 Å². The van der Waals surface area contributed by atoms with Crippen molar-refractivity contribution in [1.82, 2.24) is 10.2 Å². The summed E-state index contributed by atoms with van der Waals surface area (Å²) in [4.78, 5) is 2.62. The number of hydrogen-bond donors (Lipinski definition) is 1. The van der Waals surface area contributed by atoms with Gasteiger partial charge in [0.1, 0.15) is 0 Å². The van der Waals surface area contributed by atoms with Gasteiger partial charge in [0, 0.05) is 18.1 Å². The fraction of sp³-hybridized carbons (Fsp3) is 0.833. The molecule has 2 fully saturated rings. The van der Waals surface area contributed by atoms with E-state index in [1.165, 1.54) is 25.7 Å². The first kappa shape index (κ1) is 10.0. The molecule has 2 heterocycles. The zero-order chi connectivity index (χ0) is 9.97. The van der Waals surface area contributed by atoms with Crippen LogP contribution in [0.2, 0.25) is 0 Å². The van der Waals surface area contributed by atoms with Gasteiger partial charge in [0.05, 0.1) is 6.54 Å². The molecule has 0 radical (unpaired) electrons. The summed E-state index contributed by atoms with van der Waals surface area (Å²) in [5, 5.41) is 3.42. The maximum absolute atomic E-state index is 3.42. The smallest absolute Gasteiger partial charge is 0.0606 e. The molecule has 0 amide bonds. The summed E-state index contributed by atoms with van der Waals surface area (Å²) in [5.41, 5.74) is 0. The Hall–Kier alpha value is -0.520. The minimum Gasteiger partial charge on any atom is -0.317 e. The van der Waals surface area contributed by atoms with Crippen LogP contribution in [0.25, 0.3) is 0 Å². The molecular formula is C12H20N2. The monoisotopic (exact) mass is 192 g/mol. The summed E-state index contributed by atoms with van der Waals surface area (Å²) in [6.07, 6.45) is 5.40. The second-order valence-electron chi connectivity index (χ2n) is 4.44. The second-order valence-corrected chi connectivity index (χ2v) is 4.44. The Bertz CT molecular complexity index is 237. The highest BCUT2D eigenvalue weighted by atomic mass is 15.2. The van der Waals surface area contributed by atoms with E-state index in [0.717, 1.165) is 24.7 Å². The third-order valence-electron chi connectivity index (χ3n) is 3.73. The number of hydrogen-bond acceptors (Lipinski definition) is 2. The molecule has 2 aliphatic rings. The topological polar surface area (TPSA) is 15.3 Å². The molecule has 0 aliphatic carbocycles. The molecule has 0 aromatic heterocycles. The average molecular weight is 192 g/mol. The largest absolute Gasteiger partial charge is 0.317 e. The zero-order valence-corrected chi connectivity index (χ0v) is 9.21. The molecule has 78 valence electrons. The second kappa shape index (κ2) is 4.33. The SMILES string of the molecule is CC#CCN1C2CCC1CC(NC)C2. The van der Waals surface area contributed by atoms with E-state index >= 15 is 0 Å². The first-order valence-electron chi connectivity index (χ1n) is 5.67. The lowest BCUT2D eigenvalue weighted by atomic mass is 9.97. The molecule has 2 nitrogen and oxygen atoms in total. The molecule has 14 heavy (non-hydrogen) atoms. The van der Waals surface area contributed by atoms with E-state index in [4.69, 9.17) is 0 Å². The molecule has 0 spiro atoms. The van der Waals surface area contributed by atoms with Crippen LogP contribution >= 0.6 is 0 Å². The minimum absolute atomic E-state index is 0.748. The van der Waals surface area contributed by atoms with Gasteiger partial charge in [0.2, 0.25) is 0 Å². The van der Waals surface area contributed by atoms with Gasteiger partial charge >= 0.3 is 0 Å². The first-order chi connectivity index (χ1) is 6.85. The summed E-state index contributed by atoms with van der Waals surface area (Å²) < 4.78 is 0. The molecule has 2 aliphatic heterocycles. The Kier molecular flexibility index (Phi) is 3.10. The third kappa shape index (κ3) is 1.80. The lowest BCUT2D eigenvalue weighted by Gasteiger charge is -2.37. The number of piperidine rings is 1. The van der Waals surface area contributed by atoms with Gasteiger partial charge in [0.15, 0.2) is 0 Å². The van der Waals surface area contributed by atoms with E-state index in [-0.39, 0.29) is 0 Å². The predicted molar refractivity (Wildman–Crippen MR) is 59.0 cm³/mol. The van der Waals surface area contributed by atoms with Crippen molar-refractivity contribution in [3.8, 4) is 11.8 Å². The molecule has 2 rings (SSSR count). The van der Waals surface area contributed by atoms with Crippen LogP contribution in [0.1, 0.15) is 32.6 Å². The van der Waals surface area contributed by atoms with Crippen molar-refractivity contribution in [2.45, 2.75) is 50.7 Å². The lowest BCUT2D eigenvalue weighted by molar-refractivity contribution is 0.136. The van der Waals surface area contributed by atoms with Crippen LogP contribution < -0.4 is 5.32 Å². The predicted octanol–water partition coefficient (Wildman–Crippen LogP) is 1.22. The number of nitrogens with zero attached hydrogens (tertiary/aromatic N) is 1. The number of rotatable bonds is 2. The number of fused-ring (bicyclic) bond motifs is 2. The van der Waals surface area contributed by atoms with Gasteiger partial charge in [-0.2, -0.15) is 0 Å². The highest BCUT2D eigenvalue weighted by Gasteiger charge is 2.39. The molecule has 0 aromatic rings. The molecule has 1 N–H and O–H groups in total. The molecule has 2 saturated heterocycles. The fourth-order valence-corrected chi connectivity index (χ4v) is 2.94. The van der Waals surface area contributed by atoms with Crippen LogP contribution in [0.15, 0.2) is 0 Å². The van der Waals surface area contributed by atoms with Crippen LogP contribution in [-0.2, 0) is 0 Å². The van der Waals surface area contributed by atoms with Gasteiger partial charge in [-0.15, -0.1) is 5.92 Å².